The number of likely N-dealkylation sites (N-methyl/N-ethyl adjacent to an activating group) is 1. The molecule has 32 heavy (non-hydrogen) atoms. The summed E-state index contributed by atoms with van der Waals surface area (Å²) in [5.74, 6) is -1.90. The molecule has 168 valence electrons. The number of carbonyl (C=O) groups is 2. The second kappa shape index (κ2) is 9.78. The Morgan fingerprint density at radius 3 is 2.59 bits per heavy atom. The number of likely N-dealkylation sites (tertiary alicyclic amines) is 1. The molecule has 0 aromatic heterocycles. The molecule has 1 aliphatic heterocycles. The van der Waals surface area contributed by atoms with Crippen molar-refractivity contribution in [1.82, 2.24) is 9.80 Å². The molecule has 2 aromatic rings. The van der Waals surface area contributed by atoms with Crippen LogP contribution in [-0.4, -0.2) is 60.4 Å². The van der Waals surface area contributed by atoms with Crippen LogP contribution >= 0.6 is 0 Å². The van der Waals surface area contributed by atoms with Gasteiger partial charge in [-0.2, -0.15) is 0 Å². The highest BCUT2D eigenvalue weighted by Crippen LogP contribution is 2.40. The Morgan fingerprint density at radius 2 is 1.97 bits per heavy atom. The highest BCUT2D eigenvalue weighted by Gasteiger charge is 2.46. The Bertz CT molecular complexity index is 1080. The van der Waals surface area contributed by atoms with Crippen molar-refractivity contribution in [3.63, 3.8) is 0 Å². The zero-order valence-corrected chi connectivity index (χ0v) is 18.5. The van der Waals surface area contributed by atoms with Gasteiger partial charge < -0.3 is 19.6 Å². The van der Waals surface area contributed by atoms with E-state index in [4.69, 9.17) is 4.74 Å². The number of carbonyl (C=O) groups excluding carboxylic acids is 2. The number of benzene rings is 2. The Kier molecular flexibility index (Phi) is 7.10. The molecule has 7 heteroatoms. The average Bonchev–Trinajstić information content (AvgIpc) is 3.00. The van der Waals surface area contributed by atoms with Gasteiger partial charge in [-0.1, -0.05) is 30.9 Å². The van der Waals surface area contributed by atoms with Gasteiger partial charge in [-0.3, -0.25) is 9.59 Å². The van der Waals surface area contributed by atoms with Gasteiger partial charge in [-0.25, -0.2) is 4.39 Å². The monoisotopic (exact) mass is 438 g/mol. The lowest BCUT2D eigenvalue weighted by Crippen LogP contribution is -2.35. The molecule has 2 aromatic carbocycles. The van der Waals surface area contributed by atoms with Crippen LogP contribution in [0.25, 0.3) is 5.76 Å². The minimum atomic E-state index is -1.02. The molecular weight excluding hydrogens is 411 g/mol. The van der Waals surface area contributed by atoms with E-state index < -0.39 is 23.5 Å². The van der Waals surface area contributed by atoms with E-state index in [0.717, 1.165) is 0 Å². The largest absolute Gasteiger partial charge is 0.507 e. The number of amides is 1. The molecule has 1 N–H and O–H groups in total. The lowest BCUT2D eigenvalue weighted by atomic mass is 9.93. The van der Waals surface area contributed by atoms with Crippen LogP contribution in [0.1, 0.15) is 22.7 Å². The van der Waals surface area contributed by atoms with Gasteiger partial charge in [0.15, 0.2) is 0 Å². The number of aliphatic hydroxyl groups is 1. The SMILES string of the molecule is C=CCOc1ccc(C(O)=C2C(=O)C(=O)N(CCN(C)C)[C@@H]2c2ccccc2F)c(C)c1. The van der Waals surface area contributed by atoms with Crippen LogP contribution < -0.4 is 4.74 Å². The fourth-order valence-electron chi connectivity index (χ4n) is 3.73. The van der Waals surface area contributed by atoms with Crippen molar-refractivity contribution in [1.29, 1.82) is 0 Å². The van der Waals surface area contributed by atoms with E-state index in [1.807, 2.05) is 19.0 Å². The van der Waals surface area contributed by atoms with Crippen molar-refractivity contribution in [2.45, 2.75) is 13.0 Å². The first-order chi connectivity index (χ1) is 15.3. The average molecular weight is 438 g/mol. The molecule has 3 rings (SSSR count). The number of hydrogen-bond donors (Lipinski definition) is 1. The summed E-state index contributed by atoms with van der Waals surface area (Å²) in [5.41, 5.74) is 1.07. The zero-order valence-electron chi connectivity index (χ0n) is 18.5. The van der Waals surface area contributed by atoms with Crippen LogP contribution in [0.4, 0.5) is 4.39 Å². The summed E-state index contributed by atoms with van der Waals surface area (Å²) in [7, 11) is 3.68. The van der Waals surface area contributed by atoms with Gasteiger partial charge >= 0.3 is 0 Å². The number of aryl methyl sites for hydroxylation is 1. The number of nitrogens with zero attached hydrogens (tertiary/aromatic N) is 2. The molecule has 0 aliphatic carbocycles. The lowest BCUT2D eigenvalue weighted by molar-refractivity contribution is -0.140. The first kappa shape index (κ1) is 23.2. The number of aliphatic hydroxyl groups excluding tert-OH is 1. The molecule has 0 unspecified atom stereocenters. The molecule has 1 heterocycles. The molecule has 1 atom stereocenters. The van der Waals surface area contributed by atoms with Gasteiger partial charge in [0.1, 0.15) is 23.9 Å². The van der Waals surface area contributed by atoms with E-state index in [9.17, 15) is 19.1 Å². The summed E-state index contributed by atoms with van der Waals surface area (Å²) in [5, 5.41) is 11.2. The maximum absolute atomic E-state index is 14.8. The zero-order chi connectivity index (χ0) is 23.4. The van der Waals surface area contributed by atoms with Gasteiger partial charge in [0.25, 0.3) is 11.7 Å². The van der Waals surface area contributed by atoms with E-state index in [-0.39, 0.29) is 23.4 Å². The van der Waals surface area contributed by atoms with Crippen molar-refractivity contribution in [3.8, 4) is 5.75 Å². The van der Waals surface area contributed by atoms with E-state index >= 15 is 0 Å². The van der Waals surface area contributed by atoms with Crippen LogP contribution in [0, 0.1) is 12.7 Å². The summed E-state index contributed by atoms with van der Waals surface area (Å²) >= 11 is 0. The Hall–Kier alpha value is -3.45. The highest BCUT2D eigenvalue weighted by atomic mass is 19.1. The fraction of sp³-hybridized carbons (Fsp3) is 0.280. The first-order valence-electron chi connectivity index (χ1n) is 10.3. The smallest absolute Gasteiger partial charge is 0.295 e. The molecule has 0 spiro atoms. The highest BCUT2D eigenvalue weighted by molar-refractivity contribution is 6.46. The van der Waals surface area contributed by atoms with Gasteiger partial charge in [0.2, 0.25) is 0 Å². The van der Waals surface area contributed by atoms with Gasteiger partial charge in [-0.05, 0) is 50.8 Å². The summed E-state index contributed by atoms with van der Waals surface area (Å²) in [6, 6.07) is 9.96. The van der Waals surface area contributed by atoms with Crippen molar-refractivity contribution in [2.24, 2.45) is 0 Å². The van der Waals surface area contributed by atoms with E-state index in [0.29, 0.717) is 30.0 Å². The molecule has 1 aliphatic rings. The minimum absolute atomic E-state index is 0.123. The second-order valence-corrected chi connectivity index (χ2v) is 7.89. The third-order valence-corrected chi connectivity index (χ3v) is 5.35. The maximum Gasteiger partial charge on any atom is 0.295 e. The third kappa shape index (κ3) is 4.57. The molecule has 1 amide bonds. The molecule has 1 saturated heterocycles. The summed E-state index contributed by atoms with van der Waals surface area (Å²) in [6.45, 7) is 6.38. The second-order valence-electron chi connectivity index (χ2n) is 7.89. The number of ether oxygens (including phenoxy) is 1. The van der Waals surface area contributed by atoms with Crippen LogP contribution in [0.5, 0.6) is 5.75 Å². The number of hydrogen-bond acceptors (Lipinski definition) is 5. The lowest BCUT2D eigenvalue weighted by Gasteiger charge is -2.27. The van der Waals surface area contributed by atoms with Crippen LogP contribution in [-0.2, 0) is 9.59 Å². The molecular formula is C25H27FN2O4. The summed E-state index contributed by atoms with van der Waals surface area (Å²) in [4.78, 5) is 29.1. The van der Waals surface area contributed by atoms with E-state index in [1.54, 1.807) is 37.3 Å². The van der Waals surface area contributed by atoms with Crippen LogP contribution in [0.2, 0.25) is 0 Å². The molecule has 0 bridgehead atoms. The number of halogens is 1. The molecule has 6 nitrogen and oxygen atoms in total. The topological polar surface area (TPSA) is 70.1 Å². The third-order valence-electron chi connectivity index (χ3n) is 5.35. The number of rotatable bonds is 8. The summed E-state index contributed by atoms with van der Waals surface area (Å²) < 4.78 is 20.3. The quantitative estimate of drug-likeness (QED) is 0.295. The van der Waals surface area contributed by atoms with Crippen molar-refractivity contribution in [3.05, 3.63) is 83.2 Å². The predicted molar refractivity (Wildman–Crippen MR) is 121 cm³/mol. The van der Waals surface area contributed by atoms with E-state index in [1.165, 1.54) is 23.1 Å². The number of Topliss-reactive ketones (excluding diaryl/α,β-unsaturated/α-hetero) is 1. The van der Waals surface area contributed by atoms with Crippen molar-refractivity contribution >= 4 is 17.4 Å². The van der Waals surface area contributed by atoms with Gasteiger partial charge in [-0.15, -0.1) is 0 Å². The fourth-order valence-corrected chi connectivity index (χ4v) is 3.73. The number of ketones is 1. The molecule has 0 saturated carbocycles. The van der Waals surface area contributed by atoms with Crippen LogP contribution in [0.15, 0.2) is 60.7 Å². The first-order valence-corrected chi connectivity index (χ1v) is 10.3. The van der Waals surface area contributed by atoms with E-state index in [2.05, 4.69) is 6.58 Å². The van der Waals surface area contributed by atoms with Gasteiger partial charge in [0, 0.05) is 24.2 Å². The summed E-state index contributed by atoms with van der Waals surface area (Å²) in [6.07, 6.45) is 1.62. The Morgan fingerprint density at radius 1 is 1.25 bits per heavy atom. The van der Waals surface area contributed by atoms with Gasteiger partial charge in [0.05, 0.1) is 11.6 Å². The molecule has 0 radical (unpaired) electrons. The maximum atomic E-state index is 14.8. The van der Waals surface area contributed by atoms with Crippen LogP contribution in [0.3, 0.4) is 0 Å². The normalized spacial score (nSPS) is 17.8. The Labute approximate surface area is 187 Å². The molecule has 1 fully saturated rings. The van der Waals surface area contributed by atoms with Crippen molar-refractivity contribution < 1.29 is 23.8 Å². The predicted octanol–water partition coefficient (Wildman–Crippen LogP) is 3.68. The standard InChI is InChI=1S/C25H27FN2O4/c1-5-14-32-17-10-11-18(16(2)15-17)23(29)21-22(19-8-6-7-9-20(19)26)28(13-12-27(3)4)25(31)24(21)30/h5-11,15,22,29H,1,12-14H2,2-4H3/t22-/m1/s1. The minimum Gasteiger partial charge on any atom is -0.507 e. The van der Waals surface area contributed by atoms with Crippen molar-refractivity contribution in [2.75, 3.05) is 33.8 Å². The Balaban J connectivity index is 2.13.